The summed E-state index contributed by atoms with van der Waals surface area (Å²) in [7, 11) is 0. The average molecular weight is 252 g/mol. The monoisotopic (exact) mass is 251 g/mol. The first kappa shape index (κ1) is 10.9. The fourth-order valence-corrected chi connectivity index (χ4v) is 2.50. The van der Waals surface area contributed by atoms with E-state index in [1.54, 1.807) is 0 Å². The summed E-state index contributed by atoms with van der Waals surface area (Å²) in [6.07, 6.45) is 1.89. The van der Waals surface area contributed by atoms with E-state index in [1.165, 1.54) is 0 Å². The van der Waals surface area contributed by atoms with E-state index in [-0.39, 0.29) is 0 Å². The van der Waals surface area contributed by atoms with Gasteiger partial charge < -0.3 is 14.6 Å². The Morgan fingerprint density at radius 3 is 3.29 bits per heavy atom. The first-order valence-corrected chi connectivity index (χ1v) is 6.11. The van der Waals surface area contributed by atoms with Crippen LogP contribution >= 0.6 is 11.6 Å². The Labute approximate surface area is 105 Å². The molecule has 0 bridgehead atoms. The lowest BCUT2D eigenvalue weighted by molar-refractivity contribution is 0.0991. The van der Waals surface area contributed by atoms with E-state index in [0.717, 1.165) is 36.5 Å². The van der Waals surface area contributed by atoms with Gasteiger partial charge >= 0.3 is 0 Å². The minimum absolute atomic E-state index is 0.361. The van der Waals surface area contributed by atoms with Gasteiger partial charge in [-0.05, 0) is 19.1 Å². The first-order valence-electron chi connectivity index (χ1n) is 5.74. The van der Waals surface area contributed by atoms with Crippen LogP contribution in [0.25, 0.3) is 11.0 Å². The molecule has 0 aromatic carbocycles. The van der Waals surface area contributed by atoms with Crippen LogP contribution in [0, 0.1) is 0 Å². The van der Waals surface area contributed by atoms with Crippen molar-refractivity contribution in [1.82, 2.24) is 9.97 Å². The van der Waals surface area contributed by atoms with Crippen LogP contribution in [0.1, 0.15) is 6.92 Å². The normalized spacial score (nSPS) is 21.1. The van der Waals surface area contributed by atoms with Crippen molar-refractivity contribution in [2.24, 2.45) is 0 Å². The van der Waals surface area contributed by atoms with Crippen molar-refractivity contribution >= 4 is 28.3 Å². The second kappa shape index (κ2) is 4.20. The molecule has 17 heavy (non-hydrogen) atoms. The van der Waals surface area contributed by atoms with Gasteiger partial charge in [0.05, 0.1) is 18.9 Å². The van der Waals surface area contributed by atoms with Crippen molar-refractivity contribution < 1.29 is 4.74 Å². The molecule has 0 aliphatic carbocycles. The third kappa shape index (κ3) is 1.87. The molecule has 0 radical (unpaired) electrons. The largest absolute Gasteiger partial charge is 0.377 e. The van der Waals surface area contributed by atoms with Gasteiger partial charge in [-0.1, -0.05) is 11.6 Å². The highest BCUT2D eigenvalue weighted by atomic mass is 35.5. The van der Waals surface area contributed by atoms with Gasteiger partial charge in [0, 0.05) is 24.2 Å². The quantitative estimate of drug-likeness (QED) is 0.792. The van der Waals surface area contributed by atoms with Crippen LogP contribution in [0.2, 0.25) is 5.15 Å². The fourth-order valence-electron chi connectivity index (χ4n) is 2.31. The van der Waals surface area contributed by atoms with Gasteiger partial charge in [-0.2, -0.15) is 0 Å². The molecule has 0 amide bonds. The highest BCUT2D eigenvalue weighted by Gasteiger charge is 2.21. The van der Waals surface area contributed by atoms with Crippen LogP contribution in [0.15, 0.2) is 18.3 Å². The molecule has 2 aromatic rings. The molecule has 90 valence electrons. The lowest BCUT2D eigenvalue weighted by Gasteiger charge is -2.35. The molecule has 3 rings (SSSR count). The van der Waals surface area contributed by atoms with Gasteiger partial charge in [-0.15, -0.1) is 0 Å². The zero-order valence-corrected chi connectivity index (χ0v) is 10.4. The highest BCUT2D eigenvalue weighted by molar-refractivity contribution is 6.30. The van der Waals surface area contributed by atoms with Gasteiger partial charge in [0.1, 0.15) is 10.8 Å². The van der Waals surface area contributed by atoms with Gasteiger partial charge in [-0.3, -0.25) is 0 Å². The standard InChI is InChI=1S/C12H14ClN3O/c1-8-7-17-5-4-16(8)10-6-11(13)15-12-9(10)2-3-14-12/h2-3,6,8H,4-5,7H2,1H3,(H,14,15). The maximum atomic E-state index is 6.06. The topological polar surface area (TPSA) is 41.1 Å². The molecule has 1 atom stereocenters. The number of pyridine rings is 1. The third-order valence-electron chi connectivity index (χ3n) is 3.15. The number of halogens is 1. The minimum Gasteiger partial charge on any atom is -0.377 e. The minimum atomic E-state index is 0.361. The van der Waals surface area contributed by atoms with Gasteiger partial charge in [0.25, 0.3) is 0 Å². The lowest BCUT2D eigenvalue weighted by atomic mass is 10.2. The summed E-state index contributed by atoms with van der Waals surface area (Å²) in [6.45, 7) is 4.57. The number of anilines is 1. The van der Waals surface area contributed by atoms with E-state index in [9.17, 15) is 0 Å². The molecule has 1 fully saturated rings. The van der Waals surface area contributed by atoms with Crippen LogP contribution in [0.3, 0.4) is 0 Å². The van der Waals surface area contributed by atoms with Crippen molar-refractivity contribution in [2.45, 2.75) is 13.0 Å². The van der Waals surface area contributed by atoms with Crippen molar-refractivity contribution in [2.75, 3.05) is 24.7 Å². The predicted octanol–water partition coefficient (Wildman–Crippen LogP) is 2.44. The Hall–Kier alpha value is -1.26. The van der Waals surface area contributed by atoms with E-state index >= 15 is 0 Å². The van der Waals surface area contributed by atoms with Crippen molar-refractivity contribution in [3.05, 3.63) is 23.5 Å². The van der Waals surface area contributed by atoms with Gasteiger partial charge in [0.15, 0.2) is 0 Å². The Kier molecular flexibility index (Phi) is 2.68. The van der Waals surface area contributed by atoms with Gasteiger partial charge in [-0.25, -0.2) is 4.98 Å². The molecule has 0 saturated carbocycles. The number of morpholine rings is 1. The predicted molar refractivity (Wildman–Crippen MR) is 68.7 cm³/mol. The van der Waals surface area contributed by atoms with Crippen LogP contribution < -0.4 is 4.90 Å². The Balaban J connectivity index is 2.11. The second-order valence-corrected chi connectivity index (χ2v) is 4.71. The summed E-state index contributed by atoms with van der Waals surface area (Å²) in [5.41, 5.74) is 1.98. The zero-order valence-electron chi connectivity index (χ0n) is 9.61. The molecule has 0 spiro atoms. The van der Waals surface area contributed by atoms with Crippen LogP contribution in [-0.2, 0) is 4.74 Å². The molecule has 4 nitrogen and oxygen atoms in total. The molecular weight excluding hydrogens is 238 g/mol. The second-order valence-electron chi connectivity index (χ2n) is 4.32. The Morgan fingerprint density at radius 1 is 1.59 bits per heavy atom. The SMILES string of the molecule is CC1COCCN1c1cc(Cl)nc2[nH]ccc12. The van der Waals surface area contributed by atoms with E-state index < -0.39 is 0 Å². The van der Waals surface area contributed by atoms with Crippen LogP contribution in [0.5, 0.6) is 0 Å². The molecule has 2 aromatic heterocycles. The molecule has 3 heterocycles. The van der Waals surface area contributed by atoms with E-state index in [2.05, 4.69) is 21.8 Å². The summed E-state index contributed by atoms with van der Waals surface area (Å²) < 4.78 is 5.46. The highest BCUT2D eigenvalue weighted by Crippen LogP contribution is 2.30. The lowest BCUT2D eigenvalue weighted by Crippen LogP contribution is -2.43. The number of nitrogens with zero attached hydrogens (tertiary/aromatic N) is 2. The summed E-state index contributed by atoms with van der Waals surface area (Å²) in [6, 6.07) is 4.33. The number of rotatable bonds is 1. The summed E-state index contributed by atoms with van der Waals surface area (Å²) >= 11 is 6.06. The zero-order chi connectivity index (χ0) is 11.8. The van der Waals surface area contributed by atoms with E-state index in [0.29, 0.717) is 11.2 Å². The Morgan fingerprint density at radius 2 is 2.47 bits per heavy atom. The number of H-pyrrole nitrogens is 1. The average Bonchev–Trinajstić information content (AvgIpc) is 2.76. The molecule has 1 saturated heterocycles. The van der Waals surface area contributed by atoms with Crippen LogP contribution in [-0.4, -0.2) is 35.8 Å². The molecule has 1 unspecified atom stereocenters. The number of ether oxygens (including phenoxy) is 1. The van der Waals surface area contributed by atoms with Crippen LogP contribution in [0.4, 0.5) is 5.69 Å². The summed E-state index contributed by atoms with van der Waals surface area (Å²) in [5.74, 6) is 0. The van der Waals surface area contributed by atoms with Crippen molar-refractivity contribution in [1.29, 1.82) is 0 Å². The van der Waals surface area contributed by atoms with E-state index in [4.69, 9.17) is 16.3 Å². The molecule has 1 aliphatic heterocycles. The number of aromatic nitrogens is 2. The maximum absolute atomic E-state index is 6.06. The first-order chi connectivity index (χ1) is 8.25. The van der Waals surface area contributed by atoms with Crippen molar-refractivity contribution in [3.63, 3.8) is 0 Å². The number of aromatic amines is 1. The number of fused-ring (bicyclic) bond motifs is 1. The molecule has 5 heteroatoms. The third-order valence-corrected chi connectivity index (χ3v) is 3.35. The number of hydrogen-bond acceptors (Lipinski definition) is 3. The number of hydrogen-bond donors (Lipinski definition) is 1. The maximum Gasteiger partial charge on any atom is 0.141 e. The van der Waals surface area contributed by atoms with E-state index in [1.807, 2.05) is 18.3 Å². The Bertz CT molecular complexity index is 540. The number of nitrogens with one attached hydrogen (secondary N) is 1. The molecule has 1 aliphatic rings. The summed E-state index contributed by atoms with van der Waals surface area (Å²) in [4.78, 5) is 9.70. The fraction of sp³-hybridized carbons (Fsp3) is 0.417. The molecule has 1 N–H and O–H groups in total. The molecular formula is C12H14ClN3O. The summed E-state index contributed by atoms with van der Waals surface area (Å²) in [5, 5.41) is 1.64. The smallest absolute Gasteiger partial charge is 0.141 e. The van der Waals surface area contributed by atoms with Gasteiger partial charge in [0.2, 0.25) is 0 Å². The van der Waals surface area contributed by atoms with Crippen molar-refractivity contribution in [3.8, 4) is 0 Å².